The molecular weight excluding hydrogens is 221 g/mol. The van der Waals surface area contributed by atoms with E-state index in [-0.39, 0.29) is 5.43 Å². The SMILES string of the molecule is Cc1cc(=O)c2cc(Cl)c(Cl)cc2[nH]1. The number of aryl methyl sites for hydroxylation is 1. The highest BCUT2D eigenvalue weighted by molar-refractivity contribution is 6.42. The summed E-state index contributed by atoms with van der Waals surface area (Å²) in [4.78, 5) is 14.6. The van der Waals surface area contributed by atoms with Crippen molar-refractivity contribution in [1.82, 2.24) is 4.98 Å². The van der Waals surface area contributed by atoms with E-state index in [0.29, 0.717) is 20.9 Å². The van der Waals surface area contributed by atoms with Gasteiger partial charge in [-0.2, -0.15) is 0 Å². The molecule has 14 heavy (non-hydrogen) atoms. The van der Waals surface area contributed by atoms with E-state index < -0.39 is 0 Å². The van der Waals surface area contributed by atoms with Crippen LogP contribution in [0.1, 0.15) is 5.69 Å². The van der Waals surface area contributed by atoms with Gasteiger partial charge in [0.2, 0.25) is 0 Å². The summed E-state index contributed by atoms with van der Waals surface area (Å²) in [6.07, 6.45) is 0. The number of nitrogens with one attached hydrogen (secondary N) is 1. The Bertz CT molecular complexity index is 560. The van der Waals surface area contributed by atoms with Gasteiger partial charge in [0, 0.05) is 17.1 Å². The molecule has 72 valence electrons. The maximum atomic E-state index is 11.5. The summed E-state index contributed by atoms with van der Waals surface area (Å²) < 4.78 is 0. The molecule has 0 radical (unpaired) electrons. The number of aromatic amines is 1. The van der Waals surface area contributed by atoms with Gasteiger partial charge in [-0.3, -0.25) is 4.79 Å². The molecule has 0 bridgehead atoms. The summed E-state index contributed by atoms with van der Waals surface area (Å²) in [5.41, 5.74) is 1.47. The Hall–Kier alpha value is -0.990. The number of fused-ring (bicyclic) bond motifs is 1. The van der Waals surface area contributed by atoms with Gasteiger partial charge in [-0.15, -0.1) is 0 Å². The topological polar surface area (TPSA) is 32.9 Å². The van der Waals surface area contributed by atoms with E-state index in [9.17, 15) is 4.79 Å². The summed E-state index contributed by atoms with van der Waals surface area (Å²) in [7, 11) is 0. The maximum absolute atomic E-state index is 11.5. The van der Waals surface area contributed by atoms with Gasteiger partial charge in [-0.05, 0) is 19.1 Å². The molecule has 0 atom stereocenters. The standard InChI is InChI=1S/C10H7Cl2NO/c1-5-2-10(14)6-3-7(11)8(12)4-9(6)13-5/h2-4H,1H3,(H,13,14). The summed E-state index contributed by atoms with van der Waals surface area (Å²) in [5.74, 6) is 0. The van der Waals surface area contributed by atoms with Gasteiger partial charge in [0.05, 0.1) is 15.6 Å². The molecule has 0 aliphatic rings. The van der Waals surface area contributed by atoms with Crippen LogP contribution < -0.4 is 5.43 Å². The van der Waals surface area contributed by atoms with Crippen molar-refractivity contribution < 1.29 is 0 Å². The average molecular weight is 228 g/mol. The zero-order valence-corrected chi connectivity index (χ0v) is 8.91. The Labute approximate surface area is 90.5 Å². The van der Waals surface area contributed by atoms with Crippen molar-refractivity contribution in [2.45, 2.75) is 6.92 Å². The van der Waals surface area contributed by atoms with Gasteiger partial charge in [-0.1, -0.05) is 23.2 Å². The van der Waals surface area contributed by atoms with Crippen molar-refractivity contribution in [3.63, 3.8) is 0 Å². The number of hydrogen-bond acceptors (Lipinski definition) is 1. The largest absolute Gasteiger partial charge is 0.358 e. The molecule has 0 amide bonds. The van der Waals surface area contributed by atoms with Crippen LogP contribution in [0.15, 0.2) is 23.0 Å². The molecule has 0 unspecified atom stereocenters. The van der Waals surface area contributed by atoms with Gasteiger partial charge < -0.3 is 4.98 Å². The lowest BCUT2D eigenvalue weighted by Gasteiger charge is -2.01. The molecule has 0 aliphatic heterocycles. The van der Waals surface area contributed by atoms with E-state index >= 15 is 0 Å². The number of benzene rings is 1. The average Bonchev–Trinajstić information content (AvgIpc) is 2.08. The summed E-state index contributed by atoms with van der Waals surface area (Å²) >= 11 is 11.7. The third kappa shape index (κ3) is 1.51. The second kappa shape index (κ2) is 3.30. The molecule has 2 nitrogen and oxygen atoms in total. The molecule has 0 aliphatic carbocycles. The number of hydrogen-bond donors (Lipinski definition) is 1. The van der Waals surface area contributed by atoms with Crippen molar-refractivity contribution in [3.8, 4) is 0 Å². The first-order chi connectivity index (χ1) is 6.58. The van der Waals surface area contributed by atoms with Crippen LogP contribution in [0.2, 0.25) is 10.0 Å². The van der Waals surface area contributed by atoms with Crippen LogP contribution >= 0.6 is 23.2 Å². The molecule has 1 N–H and O–H groups in total. The van der Waals surface area contributed by atoms with E-state index in [1.165, 1.54) is 6.07 Å². The lowest BCUT2D eigenvalue weighted by Crippen LogP contribution is -2.02. The zero-order chi connectivity index (χ0) is 10.3. The second-order valence-electron chi connectivity index (χ2n) is 3.13. The first-order valence-electron chi connectivity index (χ1n) is 4.06. The lowest BCUT2D eigenvalue weighted by molar-refractivity contribution is 1.24. The third-order valence-electron chi connectivity index (χ3n) is 2.01. The van der Waals surface area contributed by atoms with E-state index in [0.717, 1.165) is 5.69 Å². The number of aromatic nitrogens is 1. The number of halogens is 2. The monoisotopic (exact) mass is 227 g/mol. The first-order valence-corrected chi connectivity index (χ1v) is 4.82. The van der Waals surface area contributed by atoms with Crippen molar-refractivity contribution in [2.24, 2.45) is 0 Å². The second-order valence-corrected chi connectivity index (χ2v) is 3.94. The molecule has 0 saturated heterocycles. The quantitative estimate of drug-likeness (QED) is 0.738. The van der Waals surface area contributed by atoms with Gasteiger partial charge in [0.15, 0.2) is 5.43 Å². The molecule has 2 aromatic rings. The van der Waals surface area contributed by atoms with Crippen molar-refractivity contribution in [2.75, 3.05) is 0 Å². The molecule has 0 saturated carbocycles. The van der Waals surface area contributed by atoms with E-state index in [1.807, 2.05) is 6.92 Å². The van der Waals surface area contributed by atoms with Crippen LogP contribution in [0.5, 0.6) is 0 Å². The van der Waals surface area contributed by atoms with Crippen molar-refractivity contribution in [1.29, 1.82) is 0 Å². The number of H-pyrrole nitrogens is 1. The molecule has 0 fully saturated rings. The van der Waals surface area contributed by atoms with Crippen LogP contribution in [0, 0.1) is 6.92 Å². The normalized spacial score (nSPS) is 10.8. The third-order valence-corrected chi connectivity index (χ3v) is 2.73. The minimum absolute atomic E-state index is 0.0465. The molecule has 0 spiro atoms. The fourth-order valence-electron chi connectivity index (χ4n) is 1.38. The van der Waals surface area contributed by atoms with E-state index in [4.69, 9.17) is 23.2 Å². The fourth-order valence-corrected chi connectivity index (χ4v) is 1.70. The smallest absolute Gasteiger partial charge is 0.189 e. The predicted molar refractivity (Wildman–Crippen MR) is 59.3 cm³/mol. The predicted octanol–water partition coefficient (Wildman–Crippen LogP) is 3.14. The molecule has 1 aromatic heterocycles. The zero-order valence-electron chi connectivity index (χ0n) is 7.40. The Balaban J connectivity index is 2.96. The Kier molecular flexibility index (Phi) is 2.25. The van der Waals surface area contributed by atoms with E-state index in [2.05, 4.69) is 4.98 Å². The Morgan fingerprint density at radius 3 is 2.50 bits per heavy atom. The summed E-state index contributed by atoms with van der Waals surface area (Å²) in [6, 6.07) is 4.78. The molecule has 1 heterocycles. The molecule has 4 heteroatoms. The molecular formula is C10H7Cl2NO. The van der Waals surface area contributed by atoms with Gasteiger partial charge >= 0.3 is 0 Å². The Morgan fingerprint density at radius 2 is 1.79 bits per heavy atom. The maximum Gasteiger partial charge on any atom is 0.189 e. The fraction of sp³-hybridized carbons (Fsp3) is 0.100. The minimum Gasteiger partial charge on any atom is -0.358 e. The highest BCUT2D eigenvalue weighted by atomic mass is 35.5. The van der Waals surface area contributed by atoms with Crippen LogP contribution in [0.3, 0.4) is 0 Å². The van der Waals surface area contributed by atoms with Crippen LogP contribution in [-0.4, -0.2) is 4.98 Å². The van der Waals surface area contributed by atoms with Gasteiger partial charge in [0.1, 0.15) is 0 Å². The summed E-state index contributed by atoms with van der Waals surface area (Å²) in [6.45, 7) is 1.82. The van der Waals surface area contributed by atoms with Crippen LogP contribution in [0.4, 0.5) is 0 Å². The summed E-state index contributed by atoms with van der Waals surface area (Å²) in [5, 5.41) is 1.40. The van der Waals surface area contributed by atoms with Crippen LogP contribution in [-0.2, 0) is 0 Å². The number of pyridine rings is 1. The van der Waals surface area contributed by atoms with Crippen LogP contribution in [0.25, 0.3) is 10.9 Å². The highest BCUT2D eigenvalue weighted by Crippen LogP contribution is 2.25. The Morgan fingerprint density at radius 1 is 1.14 bits per heavy atom. The minimum atomic E-state index is -0.0465. The molecule has 1 aromatic carbocycles. The first kappa shape index (κ1) is 9.56. The molecule has 2 rings (SSSR count). The van der Waals surface area contributed by atoms with E-state index in [1.54, 1.807) is 12.1 Å². The lowest BCUT2D eigenvalue weighted by atomic mass is 10.2. The highest BCUT2D eigenvalue weighted by Gasteiger charge is 2.04. The van der Waals surface area contributed by atoms with Gasteiger partial charge in [0.25, 0.3) is 0 Å². The van der Waals surface area contributed by atoms with Gasteiger partial charge in [-0.25, -0.2) is 0 Å². The number of rotatable bonds is 0. The van der Waals surface area contributed by atoms with Crippen molar-refractivity contribution in [3.05, 3.63) is 44.2 Å². The van der Waals surface area contributed by atoms with Crippen molar-refractivity contribution >= 4 is 34.1 Å².